The number of hydrogen-bond donors (Lipinski definition) is 2. The molecule has 154 valence electrons. The fourth-order valence-electron chi connectivity index (χ4n) is 2.86. The summed E-state index contributed by atoms with van der Waals surface area (Å²) in [5.41, 5.74) is 4.90. The van der Waals surface area contributed by atoms with E-state index in [1.165, 1.54) is 22.5 Å². The Morgan fingerprint density at radius 2 is 1.83 bits per heavy atom. The SMILES string of the molecule is Cc1cccc(C(C)C)c1Nc1nc(-c2sc(NC(=O)C(C)(C)C)nc2C)cs1. The molecule has 5 nitrogen and oxygen atoms in total. The van der Waals surface area contributed by atoms with E-state index in [0.29, 0.717) is 11.0 Å². The molecule has 29 heavy (non-hydrogen) atoms. The fourth-order valence-corrected chi connectivity index (χ4v) is 4.56. The molecule has 2 aromatic heterocycles. The Labute approximate surface area is 180 Å². The molecule has 0 bridgehead atoms. The van der Waals surface area contributed by atoms with Crippen LogP contribution in [0.4, 0.5) is 16.0 Å². The van der Waals surface area contributed by atoms with Crippen LogP contribution in [0.15, 0.2) is 23.6 Å². The molecule has 3 rings (SSSR count). The Hall–Kier alpha value is -2.25. The third-order valence-electron chi connectivity index (χ3n) is 4.59. The number of aromatic nitrogens is 2. The number of nitrogens with zero attached hydrogens (tertiary/aromatic N) is 2. The van der Waals surface area contributed by atoms with Crippen molar-refractivity contribution in [3.05, 3.63) is 40.4 Å². The van der Waals surface area contributed by atoms with E-state index in [1.807, 2.05) is 33.1 Å². The van der Waals surface area contributed by atoms with Gasteiger partial charge in [0.1, 0.15) is 0 Å². The quantitative estimate of drug-likeness (QED) is 0.472. The van der Waals surface area contributed by atoms with E-state index >= 15 is 0 Å². The van der Waals surface area contributed by atoms with Gasteiger partial charge in [0, 0.05) is 16.5 Å². The van der Waals surface area contributed by atoms with Gasteiger partial charge in [-0.1, -0.05) is 64.2 Å². The second-order valence-corrected chi connectivity index (χ2v) is 10.4. The van der Waals surface area contributed by atoms with E-state index < -0.39 is 5.41 Å². The topological polar surface area (TPSA) is 66.9 Å². The van der Waals surface area contributed by atoms with E-state index in [2.05, 4.69) is 54.6 Å². The van der Waals surface area contributed by atoms with Crippen LogP contribution in [-0.4, -0.2) is 15.9 Å². The zero-order chi connectivity index (χ0) is 21.3. The van der Waals surface area contributed by atoms with E-state index in [9.17, 15) is 4.79 Å². The second-order valence-electron chi connectivity index (χ2n) is 8.49. The summed E-state index contributed by atoms with van der Waals surface area (Å²) >= 11 is 3.03. The number of anilines is 3. The van der Waals surface area contributed by atoms with Crippen molar-refractivity contribution < 1.29 is 4.79 Å². The van der Waals surface area contributed by atoms with Gasteiger partial charge < -0.3 is 10.6 Å². The van der Waals surface area contributed by atoms with Crippen LogP contribution in [0, 0.1) is 19.3 Å². The van der Waals surface area contributed by atoms with Crippen LogP contribution in [0.2, 0.25) is 0 Å². The molecule has 0 saturated heterocycles. The Balaban J connectivity index is 1.84. The maximum Gasteiger partial charge on any atom is 0.231 e. The summed E-state index contributed by atoms with van der Waals surface area (Å²) < 4.78 is 0. The van der Waals surface area contributed by atoms with Crippen molar-refractivity contribution in [1.82, 2.24) is 9.97 Å². The van der Waals surface area contributed by atoms with Gasteiger partial charge in [0.2, 0.25) is 5.91 Å². The maximum absolute atomic E-state index is 12.2. The van der Waals surface area contributed by atoms with E-state index in [1.54, 1.807) is 11.3 Å². The lowest BCUT2D eigenvalue weighted by Crippen LogP contribution is -2.27. The molecule has 0 fully saturated rings. The molecule has 2 N–H and O–H groups in total. The third kappa shape index (κ3) is 4.85. The number of amides is 1. The van der Waals surface area contributed by atoms with Gasteiger partial charge in [-0.05, 0) is 30.9 Å². The standard InChI is InChI=1S/C22H28N4OS2/c1-12(2)15-10-8-9-13(3)17(15)25-20-24-16(11-28-20)18-14(4)23-21(29-18)26-19(27)22(5,6)7/h8-12H,1-7H3,(H,24,25)(H,23,26,27). The molecule has 7 heteroatoms. The van der Waals surface area contributed by atoms with Gasteiger partial charge in [-0.3, -0.25) is 4.79 Å². The first-order valence-electron chi connectivity index (χ1n) is 9.67. The normalized spacial score (nSPS) is 11.7. The Morgan fingerprint density at radius 1 is 1.10 bits per heavy atom. The minimum Gasteiger partial charge on any atom is -0.331 e. The van der Waals surface area contributed by atoms with Crippen LogP contribution >= 0.6 is 22.7 Å². The summed E-state index contributed by atoms with van der Waals surface area (Å²) in [5, 5.41) is 9.92. The van der Waals surface area contributed by atoms with Crippen LogP contribution in [0.25, 0.3) is 10.6 Å². The summed E-state index contributed by atoms with van der Waals surface area (Å²) in [6.07, 6.45) is 0. The zero-order valence-corrected chi connectivity index (χ0v) is 19.6. The van der Waals surface area contributed by atoms with Crippen LogP contribution in [0.5, 0.6) is 0 Å². The number of carbonyl (C=O) groups is 1. The zero-order valence-electron chi connectivity index (χ0n) is 18.0. The predicted molar refractivity (Wildman–Crippen MR) is 125 cm³/mol. The smallest absolute Gasteiger partial charge is 0.231 e. The highest BCUT2D eigenvalue weighted by molar-refractivity contribution is 7.20. The lowest BCUT2D eigenvalue weighted by Gasteiger charge is -2.15. The molecule has 0 spiro atoms. The number of nitrogens with one attached hydrogen (secondary N) is 2. The van der Waals surface area contributed by atoms with Crippen LogP contribution in [-0.2, 0) is 4.79 Å². The lowest BCUT2D eigenvalue weighted by molar-refractivity contribution is -0.123. The van der Waals surface area contributed by atoms with Gasteiger partial charge in [-0.2, -0.15) is 0 Å². The Kier molecular flexibility index (Phi) is 6.10. The van der Waals surface area contributed by atoms with Gasteiger partial charge in [0.05, 0.1) is 16.3 Å². The average Bonchev–Trinajstić information content (AvgIpc) is 3.22. The maximum atomic E-state index is 12.2. The number of aryl methyl sites for hydroxylation is 2. The molecule has 0 radical (unpaired) electrons. The van der Waals surface area contributed by atoms with E-state index in [4.69, 9.17) is 4.98 Å². The van der Waals surface area contributed by atoms with Crippen molar-refractivity contribution in [2.45, 2.75) is 54.4 Å². The van der Waals surface area contributed by atoms with E-state index in [0.717, 1.165) is 27.1 Å². The summed E-state index contributed by atoms with van der Waals surface area (Å²) in [5.74, 6) is 0.383. The van der Waals surface area contributed by atoms with Gasteiger partial charge in [0.25, 0.3) is 0 Å². The summed E-state index contributed by atoms with van der Waals surface area (Å²) in [7, 11) is 0. The molecule has 1 aromatic carbocycles. The first-order valence-corrected chi connectivity index (χ1v) is 11.4. The average molecular weight is 429 g/mol. The number of carbonyl (C=O) groups excluding carboxylic acids is 1. The Morgan fingerprint density at radius 3 is 2.48 bits per heavy atom. The molecule has 1 amide bonds. The highest BCUT2D eigenvalue weighted by atomic mass is 32.1. The molecule has 0 aliphatic rings. The predicted octanol–water partition coefficient (Wildman–Crippen LogP) is 6.74. The largest absolute Gasteiger partial charge is 0.331 e. The molecular formula is C22H28N4OS2. The van der Waals surface area contributed by atoms with Crippen LogP contribution in [0.1, 0.15) is 57.4 Å². The number of thiazole rings is 2. The molecule has 0 aliphatic heterocycles. The number of rotatable bonds is 5. The Bertz CT molecular complexity index is 1030. The van der Waals surface area contributed by atoms with Gasteiger partial charge in [0.15, 0.2) is 10.3 Å². The first-order chi connectivity index (χ1) is 13.6. The minimum atomic E-state index is -0.459. The first kappa shape index (κ1) is 21.5. The monoisotopic (exact) mass is 428 g/mol. The lowest BCUT2D eigenvalue weighted by atomic mass is 9.96. The molecule has 0 aliphatic carbocycles. The van der Waals surface area contributed by atoms with E-state index in [-0.39, 0.29) is 5.91 Å². The van der Waals surface area contributed by atoms with Gasteiger partial charge >= 0.3 is 0 Å². The molecule has 0 atom stereocenters. The van der Waals surface area contributed by atoms with Crippen molar-refractivity contribution >= 4 is 44.5 Å². The van der Waals surface area contributed by atoms with Crippen molar-refractivity contribution in [3.63, 3.8) is 0 Å². The number of benzene rings is 1. The molecule has 0 saturated carbocycles. The summed E-state index contributed by atoms with van der Waals surface area (Å²) in [4.78, 5) is 22.5. The summed E-state index contributed by atoms with van der Waals surface area (Å²) in [6, 6.07) is 6.36. The fraction of sp³-hybridized carbons (Fsp3) is 0.409. The highest BCUT2D eigenvalue weighted by Crippen LogP contribution is 2.37. The second kappa shape index (κ2) is 8.24. The summed E-state index contributed by atoms with van der Waals surface area (Å²) in [6.45, 7) is 14.1. The molecular weight excluding hydrogens is 400 g/mol. The highest BCUT2D eigenvalue weighted by Gasteiger charge is 2.23. The van der Waals surface area contributed by atoms with Crippen LogP contribution < -0.4 is 10.6 Å². The van der Waals surface area contributed by atoms with Gasteiger partial charge in [-0.25, -0.2) is 9.97 Å². The van der Waals surface area contributed by atoms with Crippen molar-refractivity contribution in [2.24, 2.45) is 5.41 Å². The van der Waals surface area contributed by atoms with Crippen molar-refractivity contribution in [3.8, 4) is 10.6 Å². The number of hydrogen-bond acceptors (Lipinski definition) is 6. The van der Waals surface area contributed by atoms with Crippen molar-refractivity contribution in [1.29, 1.82) is 0 Å². The number of para-hydroxylation sites is 1. The van der Waals surface area contributed by atoms with Crippen molar-refractivity contribution in [2.75, 3.05) is 10.6 Å². The van der Waals surface area contributed by atoms with Gasteiger partial charge in [-0.15, -0.1) is 11.3 Å². The molecule has 3 aromatic rings. The molecule has 2 heterocycles. The van der Waals surface area contributed by atoms with Crippen LogP contribution in [0.3, 0.4) is 0 Å². The molecule has 0 unspecified atom stereocenters. The third-order valence-corrected chi connectivity index (χ3v) is 6.45. The minimum absolute atomic E-state index is 0.0424.